The molecular weight excluding hydrogens is 369 g/mol. The number of rotatable bonds is 5. The van der Waals surface area contributed by atoms with Gasteiger partial charge in [0.25, 0.3) is 5.91 Å². The van der Waals surface area contributed by atoms with E-state index in [1.54, 1.807) is 0 Å². The van der Waals surface area contributed by atoms with Gasteiger partial charge in [0.2, 0.25) is 0 Å². The van der Waals surface area contributed by atoms with Crippen molar-refractivity contribution in [2.45, 2.75) is 20.3 Å². The highest BCUT2D eigenvalue weighted by atomic mass is 19.2. The van der Waals surface area contributed by atoms with Crippen molar-refractivity contribution in [2.24, 2.45) is 0 Å². The van der Waals surface area contributed by atoms with Gasteiger partial charge < -0.3 is 10.6 Å². The molecule has 0 aliphatic rings. The second-order valence-electron chi connectivity index (χ2n) is 6.05. The number of carbonyl (C=O) groups is 1. The number of nitrogens with one attached hydrogen (secondary N) is 2. The van der Waals surface area contributed by atoms with E-state index in [0.29, 0.717) is 5.82 Å². The highest BCUT2D eigenvalue weighted by Crippen LogP contribution is 2.24. The molecule has 0 aliphatic heterocycles. The van der Waals surface area contributed by atoms with Crippen molar-refractivity contribution in [2.75, 3.05) is 10.6 Å². The first kappa shape index (κ1) is 19.3. The van der Waals surface area contributed by atoms with Crippen molar-refractivity contribution in [1.29, 1.82) is 0 Å². The number of anilines is 3. The number of hydrogen-bond donors (Lipinski definition) is 2. The van der Waals surface area contributed by atoms with E-state index in [1.807, 2.05) is 32.0 Å². The van der Waals surface area contributed by atoms with Crippen LogP contribution in [0.2, 0.25) is 0 Å². The molecule has 2 N–H and O–H groups in total. The summed E-state index contributed by atoms with van der Waals surface area (Å²) < 4.78 is 39.9. The van der Waals surface area contributed by atoms with E-state index >= 15 is 0 Å². The molecule has 0 bridgehead atoms. The van der Waals surface area contributed by atoms with Crippen LogP contribution < -0.4 is 10.6 Å². The predicted molar refractivity (Wildman–Crippen MR) is 100 cm³/mol. The first-order valence-electron chi connectivity index (χ1n) is 8.53. The zero-order valence-corrected chi connectivity index (χ0v) is 15.2. The fraction of sp³-hybridized carbons (Fsp3) is 0.150. The summed E-state index contributed by atoms with van der Waals surface area (Å²) in [6, 6.07) is 7.59. The number of benzene rings is 2. The zero-order valence-electron chi connectivity index (χ0n) is 15.2. The van der Waals surface area contributed by atoms with Gasteiger partial charge in [0, 0.05) is 5.69 Å². The Morgan fingerprint density at radius 3 is 2.50 bits per heavy atom. The highest BCUT2D eigenvalue weighted by molar-refractivity contribution is 6.02. The van der Waals surface area contributed by atoms with Crippen LogP contribution in [0.3, 0.4) is 0 Å². The Labute approximate surface area is 159 Å². The van der Waals surface area contributed by atoms with Crippen molar-refractivity contribution in [3.8, 4) is 0 Å². The lowest BCUT2D eigenvalue weighted by molar-refractivity contribution is 0.102. The standard InChI is InChI=1S/C20H17F3N4O/c1-3-12-6-4-5-11(2)19(12)27-16-10-24-15(9-25-16)20(28)26-14-8-7-13(21)17(22)18(14)23/h4-10H,3H2,1-2H3,(H,25,27)(H,26,28). The van der Waals surface area contributed by atoms with E-state index in [-0.39, 0.29) is 5.69 Å². The molecule has 3 rings (SSSR count). The molecule has 144 valence electrons. The summed E-state index contributed by atoms with van der Waals surface area (Å²) in [5, 5.41) is 5.32. The minimum atomic E-state index is -1.66. The van der Waals surface area contributed by atoms with Gasteiger partial charge in [0.15, 0.2) is 17.5 Å². The Kier molecular flexibility index (Phi) is 5.58. The molecular formula is C20H17F3N4O. The summed E-state index contributed by atoms with van der Waals surface area (Å²) in [6.07, 6.45) is 3.40. The molecule has 0 saturated heterocycles. The van der Waals surface area contributed by atoms with Crippen LogP contribution in [0.25, 0.3) is 0 Å². The van der Waals surface area contributed by atoms with E-state index in [2.05, 4.69) is 20.6 Å². The Morgan fingerprint density at radius 2 is 1.82 bits per heavy atom. The van der Waals surface area contributed by atoms with Gasteiger partial charge in [-0.1, -0.05) is 25.1 Å². The maximum atomic E-state index is 13.7. The van der Waals surface area contributed by atoms with Crippen LogP contribution >= 0.6 is 0 Å². The number of aromatic nitrogens is 2. The van der Waals surface area contributed by atoms with Gasteiger partial charge in [-0.05, 0) is 36.6 Å². The lowest BCUT2D eigenvalue weighted by Gasteiger charge is -2.13. The molecule has 2 aromatic carbocycles. The third-order valence-corrected chi connectivity index (χ3v) is 4.16. The first-order valence-corrected chi connectivity index (χ1v) is 8.53. The summed E-state index contributed by atoms with van der Waals surface area (Å²) >= 11 is 0. The topological polar surface area (TPSA) is 66.9 Å². The molecule has 28 heavy (non-hydrogen) atoms. The van der Waals surface area contributed by atoms with Crippen molar-refractivity contribution >= 4 is 23.1 Å². The van der Waals surface area contributed by atoms with Crippen LogP contribution in [0.15, 0.2) is 42.7 Å². The maximum absolute atomic E-state index is 13.7. The van der Waals surface area contributed by atoms with Gasteiger partial charge in [0.05, 0.1) is 18.1 Å². The Morgan fingerprint density at radius 1 is 1.04 bits per heavy atom. The van der Waals surface area contributed by atoms with Crippen molar-refractivity contribution < 1.29 is 18.0 Å². The van der Waals surface area contributed by atoms with Crippen LogP contribution in [0, 0.1) is 24.4 Å². The van der Waals surface area contributed by atoms with Gasteiger partial charge in [-0.25, -0.2) is 23.1 Å². The molecule has 0 saturated carbocycles. The first-order chi connectivity index (χ1) is 13.4. The van der Waals surface area contributed by atoms with Gasteiger partial charge in [-0.2, -0.15) is 0 Å². The molecule has 0 atom stereocenters. The molecule has 3 aromatic rings. The number of hydrogen-bond acceptors (Lipinski definition) is 4. The fourth-order valence-electron chi connectivity index (χ4n) is 2.65. The fourth-order valence-corrected chi connectivity index (χ4v) is 2.65. The lowest BCUT2D eigenvalue weighted by atomic mass is 10.1. The quantitative estimate of drug-likeness (QED) is 0.621. The van der Waals surface area contributed by atoms with E-state index in [0.717, 1.165) is 35.4 Å². The molecule has 0 radical (unpaired) electrons. The third-order valence-electron chi connectivity index (χ3n) is 4.16. The number of amides is 1. The summed E-state index contributed by atoms with van der Waals surface area (Å²) in [5.41, 5.74) is 2.48. The van der Waals surface area contributed by atoms with E-state index in [4.69, 9.17) is 0 Å². The Bertz CT molecular complexity index is 1020. The molecule has 5 nitrogen and oxygen atoms in total. The van der Waals surface area contributed by atoms with Crippen molar-refractivity contribution in [1.82, 2.24) is 9.97 Å². The predicted octanol–water partition coefficient (Wildman–Crippen LogP) is 4.76. The number of nitrogens with zero attached hydrogens (tertiary/aromatic N) is 2. The van der Waals surface area contributed by atoms with Gasteiger partial charge in [0.1, 0.15) is 11.5 Å². The minimum Gasteiger partial charge on any atom is -0.339 e. The SMILES string of the molecule is CCc1cccc(C)c1Nc1cnc(C(=O)Nc2ccc(F)c(F)c2F)cn1. The highest BCUT2D eigenvalue weighted by Gasteiger charge is 2.17. The van der Waals surface area contributed by atoms with Gasteiger partial charge in [-0.15, -0.1) is 0 Å². The van der Waals surface area contributed by atoms with Crippen LogP contribution in [0.5, 0.6) is 0 Å². The van der Waals surface area contributed by atoms with Crippen LogP contribution in [0.4, 0.5) is 30.4 Å². The van der Waals surface area contributed by atoms with Crippen molar-refractivity contribution in [3.63, 3.8) is 0 Å². The molecule has 0 unspecified atom stereocenters. The van der Waals surface area contributed by atoms with Crippen molar-refractivity contribution in [3.05, 3.63) is 77.0 Å². The summed E-state index contributed by atoms with van der Waals surface area (Å²) in [4.78, 5) is 20.3. The molecule has 0 aliphatic carbocycles. The number of halogens is 3. The number of para-hydroxylation sites is 1. The lowest BCUT2D eigenvalue weighted by Crippen LogP contribution is -2.16. The maximum Gasteiger partial charge on any atom is 0.275 e. The normalized spacial score (nSPS) is 10.6. The summed E-state index contributed by atoms with van der Waals surface area (Å²) in [5.74, 6) is -4.85. The van der Waals surface area contributed by atoms with Crippen LogP contribution in [-0.2, 0) is 6.42 Å². The van der Waals surface area contributed by atoms with E-state index < -0.39 is 29.0 Å². The van der Waals surface area contributed by atoms with Gasteiger partial charge >= 0.3 is 0 Å². The Hall–Kier alpha value is -3.42. The Balaban J connectivity index is 1.76. The molecule has 1 heterocycles. The third kappa shape index (κ3) is 3.95. The second-order valence-corrected chi connectivity index (χ2v) is 6.05. The molecule has 1 amide bonds. The molecule has 0 fully saturated rings. The minimum absolute atomic E-state index is 0.102. The largest absolute Gasteiger partial charge is 0.339 e. The summed E-state index contributed by atoms with van der Waals surface area (Å²) in [6.45, 7) is 4.00. The monoisotopic (exact) mass is 386 g/mol. The number of aryl methyl sites for hydroxylation is 2. The second kappa shape index (κ2) is 8.08. The average Bonchev–Trinajstić information content (AvgIpc) is 2.70. The van der Waals surface area contributed by atoms with Gasteiger partial charge in [-0.3, -0.25) is 4.79 Å². The molecule has 0 spiro atoms. The molecule has 8 heteroatoms. The average molecular weight is 386 g/mol. The summed E-state index contributed by atoms with van der Waals surface area (Å²) in [7, 11) is 0. The molecule has 1 aromatic heterocycles. The smallest absolute Gasteiger partial charge is 0.275 e. The number of carbonyl (C=O) groups excluding carboxylic acids is 1. The van der Waals surface area contributed by atoms with E-state index in [9.17, 15) is 18.0 Å². The van der Waals surface area contributed by atoms with E-state index in [1.165, 1.54) is 12.4 Å². The van der Waals surface area contributed by atoms with Crippen LogP contribution in [0.1, 0.15) is 28.5 Å². The van der Waals surface area contributed by atoms with Crippen LogP contribution in [-0.4, -0.2) is 15.9 Å². The zero-order chi connectivity index (χ0) is 20.3.